The summed E-state index contributed by atoms with van der Waals surface area (Å²) in [6, 6.07) is 8.99. The molecule has 2 rings (SSSR count). The number of carboxylic acids is 1. The molecule has 4 nitrogen and oxygen atoms in total. The van der Waals surface area contributed by atoms with Gasteiger partial charge in [0, 0.05) is 0 Å². The van der Waals surface area contributed by atoms with E-state index in [0.29, 0.717) is 0 Å². The third-order valence-electron chi connectivity index (χ3n) is 2.08. The van der Waals surface area contributed by atoms with E-state index in [-0.39, 0.29) is 5.69 Å². The molecule has 0 radical (unpaired) electrons. The van der Waals surface area contributed by atoms with Gasteiger partial charge in [-0.05, 0) is 35.3 Å². The molecule has 0 saturated heterocycles. The minimum absolute atomic E-state index is 0.0721. The third kappa shape index (κ3) is 2.04. The Balaban J connectivity index is 2.38. The predicted molar refractivity (Wildman–Crippen MR) is 61.1 cm³/mol. The molecule has 16 heavy (non-hydrogen) atoms. The summed E-state index contributed by atoms with van der Waals surface area (Å²) in [5.74, 6) is -0.270. The van der Waals surface area contributed by atoms with E-state index in [1.165, 1.54) is 0 Å². The lowest BCUT2D eigenvalue weighted by Gasteiger charge is -2.00. The Labute approximate surface area is 96.3 Å². The number of carbonyl (C=O) groups is 1. The molecule has 2 aromatic rings. The molecule has 0 amide bonds. The van der Waals surface area contributed by atoms with Crippen LogP contribution in [-0.4, -0.2) is 22.6 Å². The zero-order chi connectivity index (χ0) is 11.5. The van der Waals surface area contributed by atoms with Gasteiger partial charge in [-0.1, -0.05) is 12.1 Å². The molecule has 0 aliphatic rings. The zero-order valence-corrected chi connectivity index (χ0v) is 9.32. The van der Waals surface area contributed by atoms with Gasteiger partial charge in [-0.15, -0.1) is 0 Å². The number of nitrogens with zero attached hydrogens (tertiary/aromatic N) is 1. The number of rotatable bonds is 3. The van der Waals surface area contributed by atoms with Gasteiger partial charge in [0.1, 0.15) is 5.75 Å². The van der Waals surface area contributed by atoms with E-state index in [9.17, 15) is 4.79 Å². The van der Waals surface area contributed by atoms with Crippen LogP contribution >= 0.6 is 11.5 Å². The van der Waals surface area contributed by atoms with Gasteiger partial charge in [0.25, 0.3) is 0 Å². The fourth-order valence-electron chi connectivity index (χ4n) is 1.29. The van der Waals surface area contributed by atoms with Crippen LogP contribution in [0, 0.1) is 0 Å². The summed E-state index contributed by atoms with van der Waals surface area (Å²) >= 11 is 1.16. The highest BCUT2D eigenvalue weighted by Gasteiger charge is 2.10. The maximum Gasteiger partial charge on any atom is 0.355 e. The molecule has 0 atom stereocenters. The predicted octanol–water partition coefficient (Wildman–Crippen LogP) is 2.52. The van der Waals surface area contributed by atoms with Crippen molar-refractivity contribution < 1.29 is 14.6 Å². The first-order valence-corrected chi connectivity index (χ1v) is 5.32. The molecule has 5 heteroatoms. The summed E-state index contributed by atoms with van der Waals surface area (Å²) in [5.41, 5.74) is 0.979. The first kappa shape index (κ1) is 10.6. The van der Waals surface area contributed by atoms with Crippen molar-refractivity contribution in [2.24, 2.45) is 0 Å². The molecule has 0 saturated carbocycles. The van der Waals surface area contributed by atoms with Crippen LogP contribution in [0.5, 0.6) is 5.75 Å². The van der Waals surface area contributed by atoms with Gasteiger partial charge >= 0.3 is 5.97 Å². The van der Waals surface area contributed by atoms with E-state index in [1.807, 2.05) is 24.3 Å². The fourth-order valence-corrected chi connectivity index (χ4v) is 2.01. The molecule has 1 aromatic carbocycles. The molecular weight excluding hydrogens is 226 g/mol. The first-order chi connectivity index (χ1) is 7.70. The summed E-state index contributed by atoms with van der Waals surface area (Å²) in [6.07, 6.45) is 0. The van der Waals surface area contributed by atoms with Crippen molar-refractivity contribution in [3.8, 4) is 16.2 Å². The molecule has 82 valence electrons. The molecule has 0 unspecified atom stereocenters. The average molecular weight is 235 g/mol. The Kier molecular flexibility index (Phi) is 2.87. The lowest BCUT2D eigenvalue weighted by molar-refractivity contribution is 0.0692. The smallest absolute Gasteiger partial charge is 0.355 e. The van der Waals surface area contributed by atoms with Crippen LogP contribution in [0.3, 0.4) is 0 Å². The van der Waals surface area contributed by atoms with Crippen LogP contribution in [0.1, 0.15) is 10.5 Å². The van der Waals surface area contributed by atoms with E-state index in [4.69, 9.17) is 9.84 Å². The summed E-state index contributed by atoms with van der Waals surface area (Å²) in [4.78, 5) is 11.5. The summed E-state index contributed by atoms with van der Waals surface area (Å²) < 4.78 is 8.95. The monoisotopic (exact) mass is 235 g/mol. The fraction of sp³-hybridized carbons (Fsp3) is 0.0909. The standard InChI is InChI=1S/C11H9NO3S/c1-15-8-4-2-3-7(5-8)10-6-9(11(13)14)12-16-10/h2-6H,1H3,(H,13,14). The Morgan fingerprint density at radius 3 is 2.88 bits per heavy atom. The molecule has 0 spiro atoms. The van der Waals surface area contributed by atoms with E-state index in [2.05, 4.69) is 4.37 Å². The van der Waals surface area contributed by atoms with Gasteiger partial charge in [0.2, 0.25) is 0 Å². The van der Waals surface area contributed by atoms with E-state index in [1.54, 1.807) is 13.2 Å². The average Bonchev–Trinajstić information content (AvgIpc) is 2.78. The maximum atomic E-state index is 10.7. The Morgan fingerprint density at radius 1 is 1.44 bits per heavy atom. The van der Waals surface area contributed by atoms with Gasteiger partial charge in [-0.2, -0.15) is 4.37 Å². The van der Waals surface area contributed by atoms with Gasteiger partial charge in [0.15, 0.2) is 5.69 Å². The van der Waals surface area contributed by atoms with Gasteiger partial charge in [-0.25, -0.2) is 4.79 Å². The number of aromatic carboxylic acids is 1. The lowest BCUT2D eigenvalue weighted by atomic mass is 10.2. The van der Waals surface area contributed by atoms with E-state index >= 15 is 0 Å². The summed E-state index contributed by atoms with van der Waals surface area (Å²) in [6.45, 7) is 0. The van der Waals surface area contributed by atoms with E-state index < -0.39 is 5.97 Å². The Bertz CT molecular complexity index is 521. The topological polar surface area (TPSA) is 59.4 Å². The first-order valence-electron chi connectivity index (χ1n) is 4.55. The SMILES string of the molecule is COc1cccc(-c2cc(C(=O)O)ns2)c1. The third-order valence-corrected chi connectivity index (χ3v) is 2.92. The number of ether oxygens (including phenoxy) is 1. The van der Waals surface area contributed by atoms with Crippen molar-refractivity contribution >= 4 is 17.5 Å². The minimum Gasteiger partial charge on any atom is -0.497 e. The molecule has 0 aliphatic heterocycles. The number of methoxy groups -OCH3 is 1. The van der Waals surface area contributed by atoms with Crippen LogP contribution in [-0.2, 0) is 0 Å². The van der Waals surface area contributed by atoms with Gasteiger partial charge in [0.05, 0.1) is 12.0 Å². The second kappa shape index (κ2) is 4.32. The van der Waals surface area contributed by atoms with Crippen LogP contribution in [0.4, 0.5) is 0 Å². The van der Waals surface area contributed by atoms with Crippen molar-refractivity contribution in [3.63, 3.8) is 0 Å². The van der Waals surface area contributed by atoms with Crippen molar-refractivity contribution in [2.45, 2.75) is 0 Å². The van der Waals surface area contributed by atoms with E-state index in [0.717, 1.165) is 27.7 Å². The number of aromatic nitrogens is 1. The molecule has 1 aromatic heterocycles. The van der Waals surface area contributed by atoms with Crippen LogP contribution < -0.4 is 4.74 Å². The van der Waals surface area contributed by atoms with Crippen molar-refractivity contribution in [1.82, 2.24) is 4.37 Å². The van der Waals surface area contributed by atoms with Crippen LogP contribution in [0.15, 0.2) is 30.3 Å². The number of hydrogen-bond donors (Lipinski definition) is 1. The van der Waals surface area contributed by atoms with Gasteiger partial charge < -0.3 is 9.84 Å². The summed E-state index contributed by atoms with van der Waals surface area (Å²) in [7, 11) is 1.59. The van der Waals surface area contributed by atoms with Crippen molar-refractivity contribution in [2.75, 3.05) is 7.11 Å². The molecule has 1 heterocycles. The highest BCUT2D eigenvalue weighted by molar-refractivity contribution is 7.09. The molecular formula is C11H9NO3S. The normalized spacial score (nSPS) is 10.1. The molecule has 0 fully saturated rings. The minimum atomic E-state index is -1.01. The molecule has 1 N–H and O–H groups in total. The summed E-state index contributed by atoms with van der Waals surface area (Å²) in [5, 5.41) is 8.77. The van der Waals surface area contributed by atoms with Gasteiger partial charge in [-0.3, -0.25) is 0 Å². The number of benzene rings is 1. The van der Waals surface area contributed by atoms with Crippen molar-refractivity contribution in [1.29, 1.82) is 0 Å². The molecule has 0 bridgehead atoms. The zero-order valence-electron chi connectivity index (χ0n) is 8.51. The Morgan fingerprint density at radius 2 is 2.25 bits per heavy atom. The second-order valence-electron chi connectivity index (χ2n) is 3.11. The quantitative estimate of drug-likeness (QED) is 0.888. The Hall–Kier alpha value is -1.88. The largest absolute Gasteiger partial charge is 0.497 e. The highest BCUT2D eigenvalue weighted by atomic mass is 32.1. The highest BCUT2D eigenvalue weighted by Crippen LogP contribution is 2.27. The van der Waals surface area contributed by atoms with Crippen LogP contribution in [0.25, 0.3) is 10.4 Å². The maximum absolute atomic E-state index is 10.7. The van der Waals surface area contributed by atoms with Crippen molar-refractivity contribution in [3.05, 3.63) is 36.0 Å². The number of carboxylic acid groups (broad SMARTS) is 1. The lowest BCUT2D eigenvalue weighted by Crippen LogP contribution is -1.94. The second-order valence-corrected chi connectivity index (χ2v) is 3.92. The van der Waals surface area contributed by atoms with Crippen LogP contribution in [0.2, 0.25) is 0 Å². The number of hydrogen-bond acceptors (Lipinski definition) is 4. The molecule has 0 aliphatic carbocycles.